The van der Waals surface area contributed by atoms with E-state index in [1.54, 1.807) is 12.1 Å². The Kier molecular flexibility index (Phi) is 4.56. The third-order valence-corrected chi connectivity index (χ3v) is 4.46. The van der Waals surface area contributed by atoms with Crippen LogP contribution >= 0.6 is 0 Å². The molecule has 0 bridgehead atoms. The Morgan fingerprint density at radius 3 is 2.62 bits per heavy atom. The Hall–Kier alpha value is -3.06. The van der Waals surface area contributed by atoms with Crippen LogP contribution in [0.5, 0.6) is 0 Å². The van der Waals surface area contributed by atoms with Crippen LogP contribution in [0.4, 0.5) is 5.69 Å². The number of hydrogen-bond donors (Lipinski definition) is 1. The number of nitrogens with zero attached hydrogens (tertiary/aromatic N) is 3. The van der Waals surface area contributed by atoms with Crippen LogP contribution in [-0.4, -0.2) is 26.7 Å². The van der Waals surface area contributed by atoms with Gasteiger partial charge in [0.05, 0.1) is 4.92 Å². The van der Waals surface area contributed by atoms with Crippen molar-refractivity contribution in [1.29, 1.82) is 0 Å². The van der Waals surface area contributed by atoms with E-state index in [4.69, 9.17) is 0 Å². The first-order chi connectivity index (χ1) is 12.3. The first-order valence-electron chi connectivity index (χ1n) is 8.30. The summed E-state index contributed by atoms with van der Waals surface area (Å²) in [4.78, 5) is 23.4. The molecule has 134 valence electrons. The van der Waals surface area contributed by atoms with Gasteiger partial charge in [-0.1, -0.05) is 42.8 Å². The maximum absolute atomic E-state index is 13.0. The fraction of sp³-hybridized carbons (Fsp3) is 0.263. The molecule has 1 aliphatic heterocycles. The van der Waals surface area contributed by atoms with Crippen LogP contribution in [0.3, 0.4) is 0 Å². The largest absolute Gasteiger partial charge is 0.365 e. The molecule has 0 saturated carbocycles. The van der Waals surface area contributed by atoms with Gasteiger partial charge in [0.25, 0.3) is 11.6 Å². The number of aliphatic hydroxyl groups is 1. The number of rotatable bonds is 4. The SMILES string of the molecule is CCC1=NN(C(=O)c2cccc([N+](=O)[O-])c2)[C@](O)(c2ccc(C)cc2)C1. The molecule has 0 unspecified atom stereocenters. The molecule has 0 saturated heterocycles. The van der Waals surface area contributed by atoms with E-state index >= 15 is 0 Å². The van der Waals surface area contributed by atoms with Gasteiger partial charge in [-0.2, -0.15) is 10.1 Å². The van der Waals surface area contributed by atoms with Gasteiger partial charge in [0, 0.05) is 35.4 Å². The van der Waals surface area contributed by atoms with Crippen LogP contribution in [0.15, 0.2) is 53.6 Å². The van der Waals surface area contributed by atoms with Gasteiger partial charge in [-0.05, 0) is 19.4 Å². The molecule has 3 rings (SSSR count). The van der Waals surface area contributed by atoms with E-state index in [9.17, 15) is 20.0 Å². The fourth-order valence-corrected chi connectivity index (χ4v) is 2.95. The Morgan fingerprint density at radius 2 is 2.00 bits per heavy atom. The van der Waals surface area contributed by atoms with Crippen molar-refractivity contribution in [1.82, 2.24) is 5.01 Å². The van der Waals surface area contributed by atoms with Crippen LogP contribution in [-0.2, 0) is 5.72 Å². The molecule has 0 aliphatic carbocycles. The number of carbonyl (C=O) groups is 1. The van der Waals surface area contributed by atoms with E-state index in [2.05, 4.69) is 5.10 Å². The zero-order chi connectivity index (χ0) is 18.9. The number of nitro groups is 1. The fourth-order valence-electron chi connectivity index (χ4n) is 2.95. The molecular formula is C19H19N3O4. The smallest absolute Gasteiger partial charge is 0.277 e. The summed E-state index contributed by atoms with van der Waals surface area (Å²) in [5.41, 5.74) is 0.574. The molecule has 0 aromatic heterocycles. The van der Waals surface area contributed by atoms with Crippen molar-refractivity contribution in [3.8, 4) is 0 Å². The third kappa shape index (κ3) is 3.09. The first kappa shape index (κ1) is 17.8. The Bertz CT molecular complexity index is 892. The molecule has 1 atom stereocenters. The summed E-state index contributed by atoms with van der Waals surface area (Å²) in [6.45, 7) is 3.83. The molecule has 0 fully saturated rings. The molecule has 1 amide bonds. The molecule has 7 heteroatoms. The van der Waals surface area contributed by atoms with Gasteiger partial charge >= 0.3 is 0 Å². The zero-order valence-electron chi connectivity index (χ0n) is 14.5. The van der Waals surface area contributed by atoms with E-state index in [-0.39, 0.29) is 17.7 Å². The summed E-state index contributed by atoms with van der Waals surface area (Å²) in [5.74, 6) is -0.583. The lowest BCUT2D eigenvalue weighted by molar-refractivity contribution is -0.384. The molecule has 0 spiro atoms. The van der Waals surface area contributed by atoms with Gasteiger partial charge in [0.1, 0.15) is 0 Å². The number of benzene rings is 2. The van der Waals surface area contributed by atoms with Crippen molar-refractivity contribution >= 4 is 17.3 Å². The second kappa shape index (κ2) is 6.68. The van der Waals surface area contributed by atoms with Gasteiger partial charge in [0.15, 0.2) is 5.72 Å². The Labute approximate surface area is 150 Å². The second-order valence-electron chi connectivity index (χ2n) is 6.30. The minimum Gasteiger partial charge on any atom is -0.365 e. The van der Waals surface area contributed by atoms with Crippen LogP contribution in [0.2, 0.25) is 0 Å². The summed E-state index contributed by atoms with van der Waals surface area (Å²) in [6.07, 6.45) is 0.792. The molecular weight excluding hydrogens is 334 g/mol. The van der Waals surface area contributed by atoms with Crippen LogP contribution in [0, 0.1) is 17.0 Å². The molecule has 1 N–H and O–H groups in total. The minimum atomic E-state index is -1.61. The summed E-state index contributed by atoms with van der Waals surface area (Å²) >= 11 is 0. The topological polar surface area (TPSA) is 96.0 Å². The van der Waals surface area contributed by atoms with Crippen molar-refractivity contribution in [3.63, 3.8) is 0 Å². The highest BCUT2D eigenvalue weighted by molar-refractivity contribution is 5.98. The quantitative estimate of drug-likeness (QED) is 0.673. The lowest BCUT2D eigenvalue weighted by atomic mass is 9.95. The molecule has 26 heavy (non-hydrogen) atoms. The number of amides is 1. The van der Waals surface area contributed by atoms with Gasteiger partial charge in [-0.3, -0.25) is 14.9 Å². The second-order valence-corrected chi connectivity index (χ2v) is 6.30. The molecule has 7 nitrogen and oxygen atoms in total. The van der Waals surface area contributed by atoms with Gasteiger partial charge in [0.2, 0.25) is 0 Å². The van der Waals surface area contributed by atoms with Crippen molar-refractivity contribution in [2.24, 2.45) is 5.10 Å². The Morgan fingerprint density at radius 1 is 1.31 bits per heavy atom. The van der Waals surface area contributed by atoms with E-state index in [1.165, 1.54) is 24.3 Å². The van der Waals surface area contributed by atoms with Crippen molar-refractivity contribution in [3.05, 3.63) is 75.3 Å². The number of nitro benzene ring substituents is 1. The zero-order valence-corrected chi connectivity index (χ0v) is 14.5. The molecule has 1 heterocycles. The standard InChI is InChI=1S/C19H19N3O4/c1-3-16-12-19(24,15-9-7-13(2)8-10-15)21(20-16)18(23)14-5-4-6-17(11-14)22(25)26/h4-11,24H,3,12H2,1-2H3/t19-/m1/s1. The lowest BCUT2D eigenvalue weighted by Gasteiger charge is -2.31. The van der Waals surface area contributed by atoms with Crippen molar-refractivity contribution < 1.29 is 14.8 Å². The van der Waals surface area contributed by atoms with Gasteiger partial charge < -0.3 is 5.11 Å². The average molecular weight is 353 g/mol. The van der Waals surface area contributed by atoms with Crippen LogP contribution < -0.4 is 0 Å². The average Bonchev–Trinajstić information content (AvgIpc) is 2.99. The highest BCUT2D eigenvalue weighted by Crippen LogP contribution is 2.37. The molecule has 1 aliphatic rings. The summed E-state index contributed by atoms with van der Waals surface area (Å²) in [7, 11) is 0. The van der Waals surface area contributed by atoms with E-state index in [0.717, 1.165) is 10.6 Å². The molecule has 2 aromatic rings. The minimum absolute atomic E-state index is 0.103. The first-order valence-corrected chi connectivity index (χ1v) is 8.30. The number of hydrazone groups is 1. The van der Waals surface area contributed by atoms with Gasteiger partial charge in [-0.15, -0.1) is 0 Å². The highest BCUT2D eigenvalue weighted by atomic mass is 16.6. The predicted octanol–water partition coefficient (Wildman–Crippen LogP) is 3.36. The number of non-ortho nitro benzene ring substituents is 1. The highest BCUT2D eigenvalue weighted by Gasteiger charge is 2.45. The van der Waals surface area contributed by atoms with Gasteiger partial charge in [-0.25, -0.2) is 0 Å². The number of hydrogen-bond acceptors (Lipinski definition) is 5. The maximum atomic E-state index is 13.0. The van der Waals surface area contributed by atoms with E-state index in [0.29, 0.717) is 17.7 Å². The van der Waals surface area contributed by atoms with E-state index in [1.807, 2.05) is 26.0 Å². The van der Waals surface area contributed by atoms with Crippen LogP contribution in [0.25, 0.3) is 0 Å². The summed E-state index contributed by atoms with van der Waals surface area (Å²) in [5, 5.41) is 27.6. The Balaban J connectivity index is 2.03. The number of aryl methyl sites for hydroxylation is 1. The lowest BCUT2D eigenvalue weighted by Crippen LogP contribution is -2.43. The predicted molar refractivity (Wildman–Crippen MR) is 96.7 cm³/mol. The van der Waals surface area contributed by atoms with E-state index < -0.39 is 16.6 Å². The van der Waals surface area contributed by atoms with Crippen molar-refractivity contribution in [2.75, 3.05) is 0 Å². The molecule has 0 radical (unpaired) electrons. The van der Waals surface area contributed by atoms with Crippen LogP contribution in [0.1, 0.15) is 41.3 Å². The number of carbonyl (C=O) groups excluding carboxylic acids is 1. The maximum Gasteiger partial charge on any atom is 0.277 e. The summed E-state index contributed by atoms with van der Waals surface area (Å²) in [6, 6.07) is 12.7. The van der Waals surface area contributed by atoms with Crippen molar-refractivity contribution in [2.45, 2.75) is 32.4 Å². The summed E-state index contributed by atoms with van der Waals surface area (Å²) < 4.78 is 0. The normalized spacial score (nSPS) is 19.3. The third-order valence-electron chi connectivity index (χ3n) is 4.46. The monoisotopic (exact) mass is 353 g/mol. The molecule has 2 aromatic carbocycles.